The Morgan fingerprint density at radius 3 is 2.29 bits per heavy atom. The van der Waals surface area contributed by atoms with Gasteiger partial charge in [-0.1, -0.05) is 12.1 Å². The van der Waals surface area contributed by atoms with Crippen LogP contribution in [0.4, 0.5) is 10.1 Å². The molecule has 0 bridgehead atoms. The van der Waals surface area contributed by atoms with Gasteiger partial charge in [-0.05, 0) is 54.8 Å². The zero-order valence-electron chi connectivity index (χ0n) is 18.1. The predicted octanol–water partition coefficient (Wildman–Crippen LogP) is 3.02. The summed E-state index contributed by atoms with van der Waals surface area (Å²) in [7, 11) is 1.68. The van der Waals surface area contributed by atoms with Crippen LogP contribution in [-0.4, -0.2) is 63.9 Å². The molecule has 2 aliphatic rings. The Labute approximate surface area is 183 Å². The van der Waals surface area contributed by atoms with Gasteiger partial charge in [-0.3, -0.25) is 4.99 Å². The van der Waals surface area contributed by atoms with Crippen molar-refractivity contribution in [2.24, 2.45) is 10.7 Å². The van der Waals surface area contributed by atoms with E-state index in [1.807, 2.05) is 24.3 Å². The Morgan fingerprint density at radius 1 is 1.03 bits per heavy atom. The van der Waals surface area contributed by atoms with Crippen molar-refractivity contribution < 1.29 is 13.9 Å². The second-order valence-electron chi connectivity index (χ2n) is 8.25. The monoisotopic (exact) mass is 426 g/mol. The summed E-state index contributed by atoms with van der Waals surface area (Å²) in [5, 5.41) is 0. The average molecular weight is 427 g/mol. The largest absolute Gasteiger partial charge is 0.497 e. The molecule has 2 aliphatic heterocycles. The van der Waals surface area contributed by atoms with Crippen LogP contribution >= 0.6 is 0 Å². The van der Waals surface area contributed by atoms with Crippen molar-refractivity contribution >= 4 is 11.6 Å². The van der Waals surface area contributed by atoms with Crippen molar-refractivity contribution in [2.45, 2.75) is 18.3 Å². The van der Waals surface area contributed by atoms with Gasteiger partial charge < -0.3 is 25.0 Å². The molecule has 2 aromatic rings. The van der Waals surface area contributed by atoms with E-state index in [1.165, 1.54) is 17.7 Å². The van der Waals surface area contributed by atoms with Crippen molar-refractivity contribution in [2.75, 3.05) is 57.9 Å². The quantitative estimate of drug-likeness (QED) is 0.588. The van der Waals surface area contributed by atoms with Gasteiger partial charge in [0.15, 0.2) is 5.96 Å². The van der Waals surface area contributed by atoms with Crippen molar-refractivity contribution in [3.63, 3.8) is 0 Å². The summed E-state index contributed by atoms with van der Waals surface area (Å²) >= 11 is 0. The van der Waals surface area contributed by atoms with E-state index >= 15 is 0 Å². The van der Waals surface area contributed by atoms with Crippen LogP contribution in [0.3, 0.4) is 0 Å². The molecule has 4 rings (SSSR count). The highest BCUT2D eigenvalue weighted by atomic mass is 19.1. The standard InChI is InChI=1S/C24H31FN4O2/c1-30-22-8-2-19(3-9-22)24(10-16-31-17-11-24)18-27-23(26)29-14-12-28(13-15-29)21-6-4-20(25)5-7-21/h2-9H,10-18H2,1H3,(H2,26,27). The first-order valence-electron chi connectivity index (χ1n) is 10.9. The lowest BCUT2D eigenvalue weighted by molar-refractivity contribution is 0.0530. The number of guanidine groups is 1. The average Bonchev–Trinajstić information content (AvgIpc) is 2.84. The van der Waals surface area contributed by atoms with Crippen LogP contribution in [0.15, 0.2) is 53.5 Å². The number of hydrogen-bond acceptors (Lipinski definition) is 4. The molecule has 0 saturated carbocycles. The maximum atomic E-state index is 13.2. The number of halogens is 1. The number of anilines is 1. The second-order valence-corrected chi connectivity index (χ2v) is 8.25. The molecule has 0 amide bonds. The third kappa shape index (κ3) is 4.93. The molecule has 2 aromatic carbocycles. The Balaban J connectivity index is 1.41. The van der Waals surface area contributed by atoms with Gasteiger partial charge in [0.2, 0.25) is 0 Å². The van der Waals surface area contributed by atoms with Gasteiger partial charge in [0.1, 0.15) is 11.6 Å². The van der Waals surface area contributed by atoms with E-state index in [2.05, 4.69) is 21.9 Å². The predicted molar refractivity (Wildman–Crippen MR) is 121 cm³/mol. The van der Waals surface area contributed by atoms with E-state index in [-0.39, 0.29) is 11.2 Å². The smallest absolute Gasteiger partial charge is 0.191 e. The molecule has 0 spiro atoms. The van der Waals surface area contributed by atoms with Crippen LogP contribution in [0.2, 0.25) is 0 Å². The maximum Gasteiger partial charge on any atom is 0.191 e. The topological polar surface area (TPSA) is 63.3 Å². The lowest BCUT2D eigenvalue weighted by Gasteiger charge is -2.38. The Hall–Kier alpha value is -2.80. The zero-order chi connectivity index (χ0) is 21.7. The fourth-order valence-electron chi connectivity index (χ4n) is 4.42. The zero-order valence-corrected chi connectivity index (χ0v) is 18.1. The fraction of sp³-hybridized carbons (Fsp3) is 0.458. The number of nitrogens with zero attached hydrogens (tertiary/aromatic N) is 3. The molecule has 0 atom stereocenters. The summed E-state index contributed by atoms with van der Waals surface area (Å²) in [6.45, 7) is 5.37. The Kier molecular flexibility index (Phi) is 6.61. The summed E-state index contributed by atoms with van der Waals surface area (Å²) in [5.74, 6) is 1.24. The van der Waals surface area contributed by atoms with E-state index in [0.29, 0.717) is 12.5 Å². The van der Waals surface area contributed by atoms with E-state index in [4.69, 9.17) is 20.2 Å². The molecule has 2 fully saturated rings. The van der Waals surface area contributed by atoms with E-state index in [9.17, 15) is 4.39 Å². The van der Waals surface area contributed by atoms with Gasteiger partial charge in [-0.2, -0.15) is 0 Å². The number of ether oxygens (including phenoxy) is 2. The Bertz CT molecular complexity index is 871. The number of methoxy groups -OCH3 is 1. The molecule has 0 aromatic heterocycles. The molecule has 0 aliphatic carbocycles. The van der Waals surface area contributed by atoms with Gasteiger partial charge in [-0.15, -0.1) is 0 Å². The number of benzene rings is 2. The van der Waals surface area contributed by atoms with Gasteiger partial charge >= 0.3 is 0 Å². The van der Waals surface area contributed by atoms with Crippen LogP contribution in [-0.2, 0) is 10.2 Å². The molecular weight excluding hydrogens is 395 g/mol. The number of aliphatic imine (C=N–C) groups is 1. The van der Waals surface area contributed by atoms with Gasteiger partial charge in [0.05, 0.1) is 13.7 Å². The first-order valence-corrected chi connectivity index (χ1v) is 10.9. The third-order valence-corrected chi connectivity index (χ3v) is 6.49. The number of rotatable bonds is 5. The van der Waals surface area contributed by atoms with Gasteiger partial charge in [-0.25, -0.2) is 4.39 Å². The van der Waals surface area contributed by atoms with Crippen molar-refractivity contribution in [3.8, 4) is 5.75 Å². The fourth-order valence-corrected chi connectivity index (χ4v) is 4.42. The molecule has 2 N–H and O–H groups in total. The minimum absolute atomic E-state index is 0.0644. The minimum Gasteiger partial charge on any atom is -0.497 e. The molecule has 7 heteroatoms. The molecule has 2 heterocycles. The molecule has 166 valence electrons. The SMILES string of the molecule is COc1ccc(C2(CN=C(N)N3CCN(c4ccc(F)cc4)CC3)CCOCC2)cc1. The van der Waals surface area contributed by atoms with Crippen molar-refractivity contribution in [1.82, 2.24) is 4.90 Å². The van der Waals surface area contributed by atoms with Crippen LogP contribution in [0.5, 0.6) is 5.75 Å². The highest BCUT2D eigenvalue weighted by molar-refractivity contribution is 5.78. The highest BCUT2D eigenvalue weighted by Gasteiger charge is 2.34. The molecular formula is C24H31FN4O2. The maximum absolute atomic E-state index is 13.2. The lowest BCUT2D eigenvalue weighted by atomic mass is 9.74. The van der Waals surface area contributed by atoms with Gasteiger partial charge in [0, 0.05) is 50.5 Å². The molecule has 6 nitrogen and oxygen atoms in total. The van der Waals surface area contributed by atoms with E-state index in [0.717, 1.165) is 63.7 Å². The molecule has 2 saturated heterocycles. The van der Waals surface area contributed by atoms with Crippen LogP contribution in [0.25, 0.3) is 0 Å². The molecule has 0 unspecified atom stereocenters. The van der Waals surface area contributed by atoms with E-state index < -0.39 is 0 Å². The van der Waals surface area contributed by atoms with Crippen LogP contribution in [0, 0.1) is 5.82 Å². The minimum atomic E-state index is -0.210. The highest BCUT2D eigenvalue weighted by Crippen LogP contribution is 2.36. The summed E-state index contributed by atoms with van der Waals surface area (Å²) in [6, 6.07) is 14.9. The van der Waals surface area contributed by atoms with Crippen molar-refractivity contribution in [3.05, 3.63) is 59.9 Å². The first-order chi connectivity index (χ1) is 15.1. The first kappa shape index (κ1) is 21.4. The second kappa shape index (κ2) is 9.56. The third-order valence-electron chi connectivity index (χ3n) is 6.49. The summed E-state index contributed by atoms with van der Waals surface area (Å²) < 4.78 is 24.1. The normalized spacial score (nSPS) is 19.4. The van der Waals surface area contributed by atoms with Crippen molar-refractivity contribution in [1.29, 1.82) is 0 Å². The van der Waals surface area contributed by atoms with Crippen LogP contribution < -0.4 is 15.4 Å². The van der Waals surface area contributed by atoms with E-state index in [1.54, 1.807) is 7.11 Å². The van der Waals surface area contributed by atoms with Crippen LogP contribution in [0.1, 0.15) is 18.4 Å². The summed E-state index contributed by atoms with van der Waals surface area (Å²) in [5.41, 5.74) is 8.64. The molecule has 0 radical (unpaired) electrons. The number of nitrogens with two attached hydrogens (primary N) is 1. The Morgan fingerprint density at radius 2 is 1.68 bits per heavy atom. The lowest BCUT2D eigenvalue weighted by Crippen LogP contribution is -2.51. The summed E-state index contributed by atoms with van der Waals surface area (Å²) in [4.78, 5) is 9.23. The van der Waals surface area contributed by atoms with Gasteiger partial charge in [0.25, 0.3) is 0 Å². The number of piperazine rings is 1. The summed E-state index contributed by atoms with van der Waals surface area (Å²) in [6.07, 6.45) is 1.85. The molecule has 31 heavy (non-hydrogen) atoms. The number of hydrogen-bond donors (Lipinski definition) is 1.